The number of methoxy groups -OCH3 is 2. The Balaban J connectivity index is 1.59. The van der Waals surface area contributed by atoms with Gasteiger partial charge in [-0.05, 0) is 31.2 Å². The number of aromatic nitrogens is 1. The monoisotopic (exact) mass is 388 g/mol. The van der Waals surface area contributed by atoms with Gasteiger partial charge in [0, 0.05) is 17.5 Å². The van der Waals surface area contributed by atoms with E-state index in [9.17, 15) is 4.79 Å². The molecule has 0 saturated heterocycles. The molecule has 0 bridgehead atoms. The molecule has 5 nitrogen and oxygen atoms in total. The van der Waals surface area contributed by atoms with Gasteiger partial charge in [-0.2, -0.15) is 0 Å². The van der Waals surface area contributed by atoms with Gasteiger partial charge < -0.3 is 14.8 Å². The molecule has 3 aromatic rings. The molecule has 0 aliphatic carbocycles. The smallest absolute Gasteiger partial charge is 0.237 e. The average molecular weight is 389 g/mol. The number of carbonyl (C=O) groups is 1. The van der Waals surface area contributed by atoms with Gasteiger partial charge in [0.25, 0.3) is 0 Å². The van der Waals surface area contributed by atoms with Crippen LogP contribution >= 0.6 is 23.1 Å². The number of thiazole rings is 1. The Hall–Kier alpha value is -2.25. The van der Waals surface area contributed by atoms with Crippen LogP contribution in [0, 0.1) is 0 Å². The first-order valence-electron chi connectivity index (χ1n) is 8.09. The van der Waals surface area contributed by atoms with Gasteiger partial charge in [0.05, 0.1) is 29.7 Å². The highest BCUT2D eigenvalue weighted by molar-refractivity contribution is 7.99. The van der Waals surface area contributed by atoms with E-state index in [1.54, 1.807) is 55.5 Å². The van der Waals surface area contributed by atoms with E-state index in [0.717, 1.165) is 10.5 Å². The summed E-state index contributed by atoms with van der Waals surface area (Å²) in [6, 6.07) is 13.4. The number of ether oxygens (including phenoxy) is 2. The summed E-state index contributed by atoms with van der Waals surface area (Å²) in [6.45, 7) is 1.90. The number of thioether (sulfide) groups is 1. The van der Waals surface area contributed by atoms with Gasteiger partial charge in [-0.25, -0.2) is 4.98 Å². The normalized spacial score (nSPS) is 12.0. The van der Waals surface area contributed by atoms with E-state index in [-0.39, 0.29) is 11.2 Å². The van der Waals surface area contributed by atoms with Crippen molar-refractivity contribution in [3.8, 4) is 11.5 Å². The maximum atomic E-state index is 12.4. The number of nitrogens with one attached hydrogen (secondary N) is 1. The fourth-order valence-corrected chi connectivity index (χ4v) is 4.28. The van der Waals surface area contributed by atoms with Gasteiger partial charge in [-0.3, -0.25) is 4.79 Å². The second-order valence-electron chi connectivity index (χ2n) is 5.59. The summed E-state index contributed by atoms with van der Waals surface area (Å²) in [5.41, 5.74) is 1.69. The van der Waals surface area contributed by atoms with Crippen LogP contribution in [0.1, 0.15) is 11.9 Å². The number of hydrogen-bond acceptors (Lipinski definition) is 6. The highest BCUT2D eigenvalue weighted by Crippen LogP contribution is 2.30. The molecule has 0 spiro atoms. The lowest BCUT2D eigenvalue weighted by atomic mass is 10.2. The van der Waals surface area contributed by atoms with E-state index in [2.05, 4.69) is 16.4 Å². The van der Waals surface area contributed by atoms with Crippen LogP contribution in [-0.4, -0.2) is 30.4 Å². The summed E-state index contributed by atoms with van der Waals surface area (Å²) in [5, 5.41) is 3.75. The first kappa shape index (κ1) is 18.5. The van der Waals surface area contributed by atoms with Gasteiger partial charge >= 0.3 is 0 Å². The van der Waals surface area contributed by atoms with E-state index in [0.29, 0.717) is 22.9 Å². The van der Waals surface area contributed by atoms with Crippen molar-refractivity contribution in [2.45, 2.75) is 17.9 Å². The Labute approximate surface area is 160 Å². The molecule has 1 N–H and O–H groups in total. The molecule has 7 heteroatoms. The summed E-state index contributed by atoms with van der Waals surface area (Å²) in [4.78, 5) is 17.0. The molecule has 0 fully saturated rings. The van der Waals surface area contributed by atoms with Crippen molar-refractivity contribution in [1.29, 1.82) is 0 Å². The first-order valence-corrected chi connectivity index (χ1v) is 9.96. The number of hydrogen-bond donors (Lipinski definition) is 1. The summed E-state index contributed by atoms with van der Waals surface area (Å²) in [5.74, 6) is 1.87. The molecule has 1 amide bonds. The van der Waals surface area contributed by atoms with Gasteiger partial charge in [0.1, 0.15) is 5.01 Å². The quantitative estimate of drug-likeness (QED) is 0.642. The van der Waals surface area contributed by atoms with E-state index in [4.69, 9.17) is 9.47 Å². The van der Waals surface area contributed by atoms with Crippen LogP contribution < -0.4 is 14.8 Å². The molecule has 3 rings (SSSR count). The lowest BCUT2D eigenvalue weighted by molar-refractivity contribution is -0.115. The first-order chi connectivity index (χ1) is 12.6. The summed E-state index contributed by atoms with van der Waals surface area (Å²) in [7, 11) is 3.15. The molecular weight excluding hydrogens is 368 g/mol. The molecular formula is C19H20N2O3S2. The van der Waals surface area contributed by atoms with Gasteiger partial charge in [-0.15, -0.1) is 23.1 Å². The zero-order chi connectivity index (χ0) is 18.5. The molecule has 0 aliphatic rings. The Morgan fingerprint density at radius 3 is 2.69 bits per heavy atom. The van der Waals surface area contributed by atoms with E-state index in [1.807, 2.05) is 25.1 Å². The highest BCUT2D eigenvalue weighted by Gasteiger charge is 2.16. The third-order valence-electron chi connectivity index (χ3n) is 3.82. The maximum Gasteiger partial charge on any atom is 0.237 e. The fourth-order valence-electron chi connectivity index (χ4n) is 2.41. The van der Waals surface area contributed by atoms with Crippen molar-refractivity contribution in [1.82, 2.24) is 4.98 Å². The number of carbonyl (C=O) groups excluding carboxylic acids is 1. The van der Waals surface area contributed by atoms with Crippen molar-refractivity contribution in [2.24, 2.45) is 0 Å². The molecule has 26 heavy (non-hydrogen) atoms. The SMILES string of the molecule is COc1ccc(NC(=O)C(C)SCc2nc3ccccc3s2)cc1OC. The fraction of sp³-hybridized carbons (Fsp3) is 0.263. The van der Waals surface area contributed by atoms with Crippen LogP contribution in [0.2, 0.25) is 0 Å². The zero-order valence-electron chi connectivity index (χ0n) is 14.8. The highest BCUT2D eigenvalue weighted by atomic mass is 32.2. The number of rotatable bonds is 7. The predicted octanol–water partition coefficient (Wildman–Crippen LogP) is 4.57. The molecule has 1 heterocycles. The summed E-state index contributed by atoms with van der Waals surface area (Å²) < 4.78 is 11.6. The zero-order valence-corrected chi connectivity index (χ0v) is 16.4. The lowest BCUT2D eigenvalue weighted by Gasteiger charge is -2.13. The average Bonchev–Trinajstić information content (AvgIpc) is 3.08. The predicted molar refractivity (Wildman–Crippen MR) is 109 cm³/mol. The van der Waals surface area contributed by atoms with Crippen molar-refractivity contribution in [2.75, 3.05) is 19.5 Å². The minimum atomic E-state index is -0.199. The molecule has 1 aromatic heterocycles. The second kappa shape index (κ2) is 8.42. The Morgan fingerprint density at radius 2 is 1.96 bits per heavy atom. The van der Waals surface area contributed by atoms with E-state index < -0.39 is 0 Å². The number of benzene rings is 2. The number of nitrogens with zero attached hydrogens (tertiary/aromatic N) is 1. The van der Waals surface area contributed by atoms with E-state index >= 15 is 0 Å². The number of anilines is 1. The van der Waals surface area contributed by atoms with Crippen LogP contribution in [0.4, 0.5) is 5.69 Å². The van der Waals surface area contributed by atoms with Crippen LogP contribution in [0.5, 0.6) is 11.5 Å². The number of amides is 1. The molecule has 0 radical (unpaired) electrons. The second-order valence-corrected chi connectivity index (χ2v) is 8.03. The minimum absolute atomic E-state index is 0.0525. The minimum Gasteiger partial charge on any atom is -0.493 e. The van der Waals surface area contributed by atoms with Crippen molar-refractivity contribution < 1.29 is 14.3 Å². The van der Waals surface area contributed by atoms with Crippen LogP contribution in [0.25, 0.3) is 10.2 Å². The van der Waals surface area contributed by atoms with Crippen LogP contribution in [0.3, 0.4) is 0 Å². The molecule has 0 aliphatic heterocycles. The van der Waals surface area contributed by atoms with Gasteiger partial charge in [0.15, 0.2) is 11.5 Å². The number of fused-ring (bicyclic) bond motifs is 1. The molecule has 1 atom stereocenters. The van der Waals surface area contributed by atoms with Crippen molar-refractivity contribution in [3.63, 3.8) is 0 Å². The van der Waals surface area contributed by atoms with E-state index in [1.165, 1.54) is 4.70 Å². The standard InChI is InChI=1S/C19H20N2O3S2/c1-12(25-11-18-21-14-6-4-5-7-17(14)26-18)19(22)20-13-8-9-15(23-2)16(10-13)24-3/h4-10,12H,11H2,1-3H3,(H,20,22). The van der Waals surface area contributed by atoms with Crippen molar-refractivity contribution >= 4 is 44.9 Å². The molecule has 1 unspecified atom stereocenters. The Bertz CT molecular complexity index is 878. The molecule has 136 valence electrons. The topological polar surface area (TPSA) is 60.5 Å². The maximum absolute atomic E-state index is 12.4. The molecule has 0 saturated carbocycles. The Morgan fingerprint density at radius 1 is 1.19 bits per heavy atom. The summed E-state index contributed by atoms with van der Waals surface area (Å²) in [6.07, 6.45) is 0. The third kappa shape index (κ3) is 4.28. The Kier molecular flexibility index (Phi) is 6.00. The van der Waals surface area contributed by atoms with Crippen molar-refractivity contribution in [3.05, 3.63) is 47.5 Å². The third-order valence-corrected chi connectivity index (χ3v) is 6.19. The lowest BCUT2D eigenvalue weighted by Crippen LogP contribution is -2.22. The van der Waals surface area contributed by atoms with Gasteiger partial charge in [-0.1, -0.05) is 12.1 Å². The molecule has 2 aromatic carbocycles. The van der Waals surface area contributed by atoms with Crippen LogP contribution in [0.15, 0.2) is 42.5 Å². The number of para-hydroxylation sites is 1. The summed E-state index contributed by atoms with van der Waals surface area (Å²) >= 11 is 3.24. The van der Waals surface area contributed by atoms with Gasteiger partial charge in [0.2, 0.25) is 5.91 Å². The van der Waals surface area contributed by atoms with Crippen LogP contribution in [-0.2, 0) is 10.5 Å². The largest absolute Gasteiger partial charge is 0.493 e.